The SMILES string of the molecule is Cc1cccc(C(=O)N2CCNCC2C#N)c1C. The Kier molecular flexibility index (Phi) is 3.63. The molecule has 1 aromatic rings. The minimum Gasteiger partial charge on any atom is -0.320 e. The summed E-state index contributed by atoms with van der Waals surface area (Å²) in [5.74, 6) is -0.0377. The van der Waals surface area contributed by atoms with Gasteiger partial charge in [-0.3, -0.25) is 4.79 Å². The first kappa shape index (κ1) is 12.6. The molecule has 94 valence electrons. The van der Waals surface area contributed by atoms with Crippen LogP contribution in [0.1, 0.15) is 21.5 Å². The zero-order chi connectivity index (χ0) is 13.1. The van der Waals surface area contributed by atoms with Crippen molar-refractivity contribution < 1.29 is 4.79 Å². The molecule has 1 aliphatic rings. The molecule has 0 aliphatic carbocycles. The molecule has 18 heavy (non-hydrogen) atoms. The lowest BCUT2D eigenvalue weighted by Crippen LogP contribution is -2.53. The van der Waals surface area contributed by atoms with E-state index in [1.165, 1.54) is 0 Å². The van der Waals surface area contributed by atoms with Gasteiger partial charge >= 0.3 is 0 Å². The summed E-state index contributed by atoms with van der Waals surface area (Å²) in [4.78, 5) is 14.2. The van der Waals surface area contributed by atoms with Crippen LogP contribution in [0, 0.1) is 25.2 Å². The van der Waals surface area contributed by atoms with Gasteiger partial charge in [0, 0.05) is 25.2 Å². The van der Waals surface area contributed by atoms with Crippen LogP contribution in [0.4, 0.5) is 0 Å². The van der Waals surface area contributed by atoms with Gasteiger partial charge < -0.3 is 10.2 Å². The van der Waals surface area contributed by atoms with Crippen molar-refractivity contribution in [2.75, 3.05) is 19.6 Å². The van der Waals surface area contributed by atoms with Crippen LogP contribution in [-0.4, -0.2) is 36.5 Å². The first-order valence-corrected chi connectivity index (χ1v) is 6.12. The topological polar surface area (TPSA) is 56.1 Å². The third-order valence-corrected chi connectivity index (χ3v) is 3.49. The Morgan fingerprint density at radius 2 is 2.28 bits per heavy atom. The largest absolute Gasteiger partial charge is 0.320 e. The summed E-state index contributed by atoms with van der Waals surface area (Å²) in [5, 5.41) is 12.2. The summed E-state index contributed by atoms with van der Waals surface area (Å²) >= 11 is 0. The number of hydrogen-bond acceptors (Lipinski definition) is 3. The number of benzene rings is 1. The van der Waals surface area contributed by atoms with Crippen molar-refractivity contribution in [2.45, 2.75) is 19.9 Å². The summed E-state index contributed by atoms with van der Waals surface area (Å²) in [6.45, 7) is 5.82. The van der Waals surface area contributed by atoms with Gasteiger partial charge in [0.2, 0.25) is 0 Å². The standard InChI is InChI=1S/C14H17N3O/c1-10-4-3-5-13(11(10)2)14(18)17-7-6-16-9-12(17)8-15/h3-5,12,16H,6-7,9H2,1-2H3. The number of nitriles is 1. The molecule has 1 heterocycles. The molecule has 0 bridgehead atoms. The molecular weight excluding hydrogens is 226 g/mol. The molecule has 1 N–H and O–H groups in total. The van der Waals surface area contributed by atoms with Crippen LogP contribution < -0.4 is 5.32 Å². The Hall–Kier alpha value is -1.86. The fraction of sp³-hybridized carbons (Fsp3) is 0.429. The highest BCUT2D eigenvalue weighted by Crippen LogP contribution is 2.17. The zero-order valence-electron chi connectivity index (χ0n) is 10.7. The normalized spacial score (nSPS) is 19.4. The third-order valence-electron chi connectivity index (χ3n) is 3.49. The van der Waals surface area contributed by atoms with Crippen molar-refractivity contribution in [2.24, 2.45) is 0 Å². The molecule has 1 atom stereocenters. The summed E-state index contributed by atoms with van der Waals surface area (Å²) in [6.07, 6.45) is 0. The first-order valence-electron chi connectivity index (χ1n) is 6.12. The summed E-state index contributed by atoms with van der Waals surface area (Å²) in [5.41, 5.74) is 2.80. The number of rotatable bonds is 1. The Balaban J connectivity index is 2.30. The van der Waals surface area contributed by atoms with Gasteiger partial charge in [-0.25, -0.2) is 0 Å². The summed E-state index contributed by atoms with van der Waals surface area (Å²) in [6, 6.07) is 7.53. The van der Waals surface area contributed by atoms with Crippen molar-refractivity contribution in [1.82, 2.24) is 10.2 Å². The highest BCUT2D eigenvalue weighted by molar-refractivity contribution is 5.96. The van der Waals surface area contributed by atoms with Crippen molar-refractivity contribution in [3.8, 4) is 6.07 Å². The zero-order valence-corrected chi connectivity index (χ0v) is 10.7. The summed E-state index contributed by atoms with van der Waals surface area (Å²) in [7, 11) is 0. The van der Waals surface area contributed by atoms with Crippen LogP contribution in [0.2, 0.25) is 0 Å². The van der Waals surface area contributed by atoms with Gasteiger partial charge in [0.15, 0.2) is 0 Å². The van der Waals surface area contributed by atoms with Crippen LogP contribution in [0.25, 0.3) is 0 Å². The van der Waals surface area contributed by atoms with E-state index in [9.17, 15) is 4.79 Å². The van der Waals surface area contributed by atoms with Gasteiger partial charge in [-0.2, -0.15) is 5.26 Å². The highest BCUT2D eigenvalue weighted by Gasteiger charge is 2.27. The van der Waals surface area contributed by atoms with Gasteiger partial charge in [0.05, 0.1) is 6.07 Å². The van der Waals surface area contributed by atoms with E-state index in [0.29, 0.717) is 18.7 Å². The minimum absolute atomic E-state index is 0.0377. The molecule has 0 aromatic heterocycles. The Labute approximate surface area is 107 Å². The van der Waals surface area contributed by atoms with Crippen LogP contribution in [-0.2, 0) is 0 Å². The Bertz CT molecular complexity index is 504. The van der Waals surface area contributed by atoms with Gasteiger partial charge in [-0.15, -0.1) is 0 Å². The molecule has 4 heteroatoms. The van der Waals surface area contributed by atoms with Crippen LogP contribution in [0.5, 0.6) is 0 Å². The van der Waals surface area contributed by atoms with E-state index in [1.807, 2.05) is 32.0 Å². The van der Waals surface area contributed by atoms with Crippen molar-refractivity contribution in [1.29, 1.82) is 5.26 Å². The number of nitrogens with one attached hydrogen (secondary N) is 1. The molecule has 1 fully saturated rings. The second kappa shape index (κ2) is 5.19. The fourth-order valence-electron chi connectivity index (χ4n) is 2.20. The predicted octanol–water partition coefficient (Wildman–Crippen LogP) is 1.24. The molecule has 0 spiro atoms. The number of amides is 1. The Morgan fingerprint density at radius 1 is 1.50 bits per heavy atom. The Morgan fingerprint density at radius 3 is 3.00 bits per heavy atom. The fourth-order valence-corrected chi connectivity index (χ4v) is 2.20. The minimum atomic E-state index is -0.369. The van der Waals surface area contributed by atoms with Gasteiger partial charge in [-0.1, -0.05) is 12.1 Å². The molecule has 4 nitrogen and oxygen atoms in total. The maximum atomic E-state index is 12.5. The van der Waals surface area contributed by atoms with E-state index in [1.54, 1.807) is 4.90 Å². The number of piperazine rings is 1. The molecular formula is C14H17N3O. The van der Waals surface area contributed by atoms with Gasteiger partial charge in [-0.05, 0) is 31.0 Å². The van der Waals surface area contributed by atoms with Crippen molar-refractivity contribution in [3.05, 3.63) is 34.9 Å². The molecule has 0 saturated carbocycles. The number of carbonyl (C=O) groups excluding carboxylic acids is 1. The molecule has 1 saturated heterocycles. The maximum absolute atomic E-state index is 12.5. The smallest absolute Gasteiger partial charge is 0.255 e. The number of nitrogens with zero attached hydrogens (tertiary/aromatic N) is 2. The number of carbonyl (C=O) groups is 1. The van der Waals surface area contributed by atoms with Crippen LogP contribution >= 0.6 is 0 Å². The quantitative estimate of drug-likeness (QED) is 0.807. The van der Waals surface area contributed by atoms with Crippen molar-refractivity contribution in [3.63, 3.8) is 0 Å². The second-order valence-electron chi connectivity index (χ2n) is 4.60. The van der Waals surface area contributed by atoms with E-state index < -0.39 is 0 Å². The van der Waals surface area contributed by atoms with E-state index in [2.05, 4.69) is 11.4 Å². The molecule has 1 aromatic carbocycles. The summed E-state index contributed by atoms with van der Waals surface area (Å²) < 4.78 is 0. The van der Waals surface area contributed by atoms with E-state index in [4.69, 9.17) is 5.26 Å². The molecule has 1 aliphatic heterocycles. The lowest BCUT2D eigenvalue weighted by molar-refractivity contribution is 0.0686. The molecule has 1 unspecified atom stereocenters. The average molecular weight is 243 g/mol. The molecule has 2 rings (SSSR count). The van der Waals surface area contributed by atoms with Crippen LogP contribution in [0.3, 0.4) is 0 Å². The number of aryl methyl sites for hydroxylation is 1. The van der Waals surface area contributed by atoms with Crippen molar-refractivity contribution >= 4 is 5.91 Å². The van der Waals surface area contributed by atoms with E-state index >= 15 is 0 Å². The van der Waals surface area contributed by atoms with Gasteiger partial charge in [0.1, 0.15) is 6.04 Å². The van der Waals surface area contributed by atoms with E-state index in [0.717, 1.165) is 17.7 Å². The molecule has 0 radical (unpaired) electrons. The van der Waals surface area contributed by atoms with E-state index in [-0.39, 0.29) is 11.9 Å². The monoisotopic (exact) mass is 243 g/mol. The van der Waals surface area contributed by atoms with Crippen LogP contribution in [0.15, 0.2) is 18.2 Å². The second-order valence-corrected chi connectivity index (χ2v) is 4.60. The van der Waals surface area contributed by atoms with Gasteiger partial charge in [0.25, 0.3) is 5.91 Å². The highest BCUT2D eigenvalue weighted by atomic mass is 16.2. The number of hydrogen-bond donors (Lipinski definition) is 1. The molecule has 1 amide bonds. The lowest BCUT2D eigenvalue weighted by atomic mass is 10.0. The third kappa shape index (κ3) is 2.22. The lowest BCUT2D eigenvalue weighted by Gasteiger charge is -2.32. The average Bonchev–Trinajstić information content (AvgIpc) is 2.41. The first-order chi connectivity index (χ1) is 8.65. The maximum Gasteiger partial charge on any atom is 0.255 e. The predicted molar refractivity (Wildman–Crippen MR) is 69.2 cm³/mol.